The Kier molecular flexibility index (Phi) is 4.17. The van der Waals surface area contributed by atoms with E-state index in [0.29, 0.717) is 23.5 Å². The Morgan fingerprint density at radius 1 is 1.19 bits per heavy atom. The van der Waals surface area contributed by atoms with E-state index in [1.165, 1.54) is 0 Å². The molecule has 0 bridgehead atoms. The van der Waals surface area contributed by atoms with Crippen LogP contribution in [0, 0.1) is 11.3 Å². The third-order valence-corrected chi connectivity index (χ3v) is 3.90. The molecule has 1 rings (SSSR count). The van der Waals surface area contributed by atoms with Crippen molar-refractivity contribution in [2.75, 3.05) is 7.11 Å². The number of hydrogen-bond acceptors (Lipinski definition) is 2. The molecule has 0 spiro atoms. The summed E-state index contributed by atoms with van der Waals surface area (Å²) in [6, 6.07) is 0. The number of ketones is 1. The van der Waals surface area contributed by atoms with E-state index in [9.17, 15) is 4.79 Å². The highest BCUT2D eigenvalue weighted by atomic mass is 16.5. The lowest BCUT2D eigenvalue weighted by molar-refractivity contribution is -0.148. The fourth-order valence-corrected chi connectivity index (χ4v) is 2.48. The van der Waals surface area contributed by atoms with Crippen LogP contribution in [0.4, 0.5) is 0 Å². The Morgan fingerprint density at radius 3 is 2.06 bits per heavy atom. The van der Waals surface area contributed by atoms with Crippen molar-refractivity contribution in [3.63, 3.8) is 0 Å². The average molecular weight is 226 g/mol. The fraction of sp³-hybridized carbons (Fsp3) is 0.929. The molecule has 2 heteroatoms. The summed E-state index contributed by atoms with van der Waals surface area (Å²) < 4.78 is 5.59. The summed E-state index contributed by atoms with van der Waals surface area (Å²) >= 11 is 0. The van der Waals surface area contributed by atoms with Gasteiger partial charge in [0, 0.05) is 13.5 Å². The van der Waals surface area contributed by atoms with Gasteiger partial charge >= 0.3 is 0 Å². The predicted molar refractivity (Wildman–Crippen MR) is 66.5 cm³/mol. The summed E-state index contributed by atoms with van der Waals surface area (Å²) in [5.74, 6) is 0.731. The molecule has 0 atom stereocenters. The maximum Gasteiger partial charge on any atom is 0.164 e. The first-order valence-corrected chi connectivity index (χ1v) is 6.40. The molecule has 0 aliphatic heterocycles. The second-order valence-corrected chi connectivity index (χ2v) is 6.38. The van der Waals surface area contributed by atoms with Gasteiger partial charge < -0.3 is 4.74 Å². The van der Waals surface area contributed by atoms with E-state index in [-0.39, 0.29) is 0 Å². The van der Waals surface area contributed by atoms with Crippen LogP contribution in [0.3, 0.4) is 0 Å². The molecular weight excluding hydrogens is 200 g/mol. The molecule has 0 unspecified atom stereocenters. The molecule has 94 valence electrons. The van der Waals surface area contributed by atoms with Gasteiger partial charge in [-0.1, -0.05) is 27.7 Å². The minimum Gasteiger partial charge on any atom is -0.370 e. The predicted octanol–water partition coefficient (Wildman–Crippen LogP) is 3.59. The lowest BCUT2D eigenvalue weighted by Crippen LogP contribution is -2.46. The number of carbonyl (C=O) groups is 1. The Balaban J connectivity index is 2.69. The van der Waals surface area contributed by atoms with Gasteiger partial charge in [0.1, 0.15) is 5.60 Å². The molecule has 16 heavy (non-hydrogen) atoms. The molecule has 1 aliphatic carbocycles. The number of methoxy groups -OCH3 is 1. The first kappa shape index (κ1) is 13.7. The van der Waals surface area contributed by atoms with E-state index in [2.05, 4.69) is 27.7 Å². The van der Waals surface area contributed by atoms with Crippen molar-refractivity contribution in [3.8, 4) is 0 Å². The Hall–Kier alpha value is -0.370. The van der Waals surface area contributed by atoms with Crippen LogP contribution < -0.4 is 0 Å². The van der Waals surface area contributed by atoms with Gasteiger partial charge in [-0.25, -0.2) is 0 Å². The molecule has 1 fully saturated rings. The molecule has 0 aromatic carbocycles. The molecule has 0 amide bonds. The zero-order chi connectivity index (χ0) is 12.4. The van der Waals surface area contributed by atoms with Gasteiger partial charge in [-0.15, -0.1) is 0 Å². The van der Waals surface area contributed by atoms with Crippen molar-refractivity contribution >= 4 is 5.78 Å². The van der Waals surface area contributed by atoms with Crippen LogP contribution in [0.15, 0.2) is 0 Å². The van der Waals surface area contributed by atoms with Crippen LogP contribution in [-0.2, 0) is 9.53 Å². The van der Waals surface area contributed by atoms with E-state index in [1.54, 1.807) is 7.11 Å². The molecule has 0 radical (unpaired) electrons. The third kappa shape index (κ3) is 3.07. The lowest BCUT2D eigenvalue weighted by atomic mass is 9.68. The van der Waals surface area contributed by atoms with Crippen molar-refractivity contribution in [1.82, 2.24) is 0 Å². The molecule has 1 saturated carbocycles. The number of rotatable bonds is 4. The number of carbonyl (C=O) groups excluding carboxylic acids is 1. The standard InChI is InChI=1S/C14H26O2/c1-11(2)10-12(15)14(16-5)8-6-13(3,4)7-9-14/h11H,6-10H2,1-5H3. The van der Waals surface area contributed by atoms with Crippen molar-refractivity contribution in [2.45, 2.75) is 65.4 Å². The van der Waals surface area contributed by atoms with Gasteiger partial charge in [0.15, 0.2) is 5.78 Å². The van der Waals surface area contributed by atoms with Gasteiger partial charge in [-0.05, 0) is 37.0 Å². The van der Waals surface area contributed by atoms with Crippen molar-refractivity contribution in [1.29, 1.82) is 0 Å². The number of Topliss-reactive ketones (excluding diaryl/α,β-unsaturated/α-hetero) is 1. The molecule has 1 aliphatic rings. The summed E-state index contributed by atoms with van der Waals surface area (Å²) in [6.07, 6.45) is 4.60. The SMILES string of the molecule is COC1(C(=O)CC(C)C)CCC(C)(C)CC1. The van der Waals surface area contributed by atoms with Crippen LogP contribution in [0.2, 0.25) is 0 Å². The van der Waals surface area contributed by atoms with E-state index < -0.39 is 5.60 Å². The first-order valence-electron chi connectivity index (χ1n) is 6.40. The van der Waals surface area contributed by atoms with E-state index in [0.717, 1.165) is 25.7 Å². The van der Waals surface area contributed by atoms with Crippen molar-refractivity contribution in [3.05, 3.63) is 0 Å². The smallest absolute Gasteiger partial charge is 0.164 e. The molecule has 0 N–H and O–H groups in total. The van der Waals surface area contributed by atoms with Crippen LogP contribution in [0.25, 0.3) is 0 Å². The molecule has 0 heterocycles. The number of hydrogen-bond donors (Lipinski definition) is 0. The highest BCUT2D eigenvalue weighted by Gasteiger charge is 2.43. The van der Waals surface area contributed by atoms with Gasteiger partial charge in [0.05, 0.1) is 0 Å². The second kappa shape index (κ2) is 4.87. The van der Waals surface area contributed by atoms with Crippen molar-refractivity contribution < 1.29 is 9.53 Å². The molecule has 2 nitrogen and oxygen atoms in total. The van der Waals surface area contributed by atoms with Gasteiger partial charge in [-0.2, -0.15) is 0 Å². The Bertz CT molecular complexity index is 243. The van der Waals surface area contributed by atoms with Gasteiger partial charge in [-0.3, -0.25) is 4.79 Å². The highest BCUT2D eigenvalue weighted by Crippen LogP contribution is 2.42. The first-order chi connectivity index (χ1) is 7.31. The van der Waals surface area contributed by atoms with Crippen LogP contribution in [0.1, 0.15) is 59.8 Å². The maximum absolute atomic E-state index is 12.2. The minimum absolute atomic E-state index is 0.306. The van der Waals surface area contributed by atoms with E-state index in [1.807, 2.05) is 0 Å². The summed E-state index contributed by atoms with van der Waals surface area (Å²) in [5, 5.41) is 0. The lowest BCUT2D eigenvalue weighted by Gasteiger charge is -2.41. The Morgan fingerprint density at radius 2 is 1.69 bits per heavy atom. The summed E-state index contributed by atoms with van der Waals surface area (Å²) in [7, 11) is 1.69. The van der Waals surface area contributed by atoms with E-state index in [4.69, 9.17) is 4.74 Å². The van der Waals surface area contributed by atoms with Crippen LogP contribution in [0.5, 0.6) is 0 Å². The largest absolute Gasteiger partial charge is 0.370 e. The minimum atomic E-state index is -0.472. The Labute approximate surface area is 99.8 Å². The quantitative estimate of drug-likeness (QED) is 0.732. The third-order valence-electron chi connectivity index (χ3n) is 3.90. The van der Waals surface area contributed by atoms with Crippen molar-refractivity contribution in [2.24, 2.45) is 11.3 Å². The maximum atomic E-state index is 12.2. The number of ether oxygens (including phenoxy) is 1. The molecule has 0 saturated heterocycles. The van der Waals surface area contributed by atoms with Gasteiger partial charge in [0.2, 0.25) is 0 Å². The normalized spacial score (nSPS) is 23.4. The molecule has 0 aromatic rings. The van der Waals surface area contributed by atoms with Crippen LogP contribution >= 0.6 is 0 Å². The average Bonchev–Trinajstić information content (AvgIpc) is 2.17. The summed E-state index contributed by atoms with van der Waals surface area (Å²) in [6.45, 7) is 8.74. The highest BCUT2D eigenvalue weighted by molar-refractivity contribution is 5.87. The second-order valence-electron chi connectivity index (χ2n) is 6.38. The van der Waals surface area contributed by atoms with Gasteiger partial charge in [0.25, 0.3) is 0 Å². The topological polar surface area (TPSA) is 26.3 Å². The molecular formula is C14H26O2. The molecule has 0 aromatic heterocycles. The van der Waals surface area contributed by atoms with E-state index >= 15 is 0 Å². The zero-order valence-corrected chi connectivity index (χ0v) is 11.4. The fourth-order valence-electron chi connectivity index (χ4n) is 2.48. The zero-order valence-electron chi connectivity index (χ0n) is 11.4. The summed E-state index contributed by atoms with van der Waals surface area (Å²) in [4.78, 5) is 12.2. The van der Waals surface area contributed by atoms with Crippen LogP contribution in [-0.4, -0.2) is 18.5 Å². The summed E-state index contributed by atoms with van der Waals surface area (Å²) in [5.41, 5.74) is -0.0973. The monoisotopic (exact) mass is 226 g/mol.